The minimum Gasteiger partial charge on any atom is -0.478 e. The summed E-state index contributed by atoms with van der Waals surface area (Å²) in [5.41, 5.74) is 1.29. The number of imidazole rings is 1. The highest BCUT2D eigenvalue weighted by Gasteiger charge is 2.24. The van der Waals surface area contributed by atoms with Crippen molar-refractivity contribution in [2.45, 2.75) is 12.8 Å². The monoisotopic (exact) mass is 266 g/mol. The molecule has 1 aliphatic heterocycles. The molecule has 18 heavy (non-hydrogen) atoms. The van der Waals surface area contributed by atoms with E-state index < -0.39 is 5.97 Å². The van der Waals surface area contributed by atoms with Gasteiger partial charge in [0.25, 0.3) is 0 Å². The first-order chi connectivity index (χ1) is 8.66. The molecule has 0 aliphatic carbocycles. The minimum atomic E-state index is -0.994. The van der Waals surface area contributed by atoms with Crippen LogP contribution in [0.2, 0.25) is 5.15 Å². The molecular formula is C11H11ClN4O2. The van der Waals surface area contributed by atoms with Gasteiger partial charge in [-0.15, -0.1) is 0 Å². The number of fused-ring (bicyclic) bond motifs is 1. The van der Waals surface area contributed by atoms with E-state index in [0.717, 1.165) is 25.9 Å². The van der Waals surface area contributed by atoms with E-state index in [1.807, 2.05) is 4.90 Å². The second-order valence-corrected chi connectivity index (χ2v) is 4.63. The van der Waals surface area contributed by atoms with Crippen molar-refractivity contribution in [2.24, 2.45) is 0 Å². The van der Waals surface area contributed by atoms with Gasteiger partial charge in [-0.1, -0.05) is 11.6 Å². The van der Waals surface area contributed by atoms with Crippen molar-refractivity contribution < 1.29 is 9.90 Å². The number of anilines is 1. The highest BCUT2D eigenvalue weighted by Crippen LogP contribution is 2.29. The van der Waals surface area contributed by atoms with Gasteiger partial charge in [-0.3, -0.25) is 0 Å². The lowest BCUT2D eigenvalue weighted by molar-refractivity contribution is 0.0697. The number of carboxylic acid groups (broad SMARTS) is 1. The number of nitrogens with zero attached hydrogens (tertiary/aromatic N) is 4. The van der Waals surface area contributed by atoms with E-state index in [2.05, 4.69) is 10.1 Å². The van der Waals surface area contributed by atoms with Crippen molar-refractivity contribution >= 4 is 28.9 Å². The second-order valence-electron chi connectivity index (χ2n) is 4.24. The summed E-state index contributed by atoms with van der Waals surface area (Å²) >= 11 is 5.86. The summed E-state index contributed by atoms with van der Waals surface area (Å²) in [6.45, 7) is 1.68. The van der Waals surface area contributed by atoms with Crippen LogP contribution in [0.1, 0.15) is 23.2 Å². The maximum Gasteiger partial charge on any atom is 0.339 e. The highest BCUT2D eigenvalue weighted by molar-refractivity contribution is 6.29. The normalized spacial score (nSPS) is 15.5. The number of hydrogen-bond donors (Lipinski definition) is 1. The molecule has 0 spiro atoms. The number of aromatic carboxylic acids is 1. The Morgan fingerprint density at radius 3 is 2.78 bits per heavy atom. The molecule has 0 amide bonds. The molecule has 2 aromatic heterocycles. The molecular weight excluding hydrogens is 256 g/mol. The molecule has 1 N–H and O–H groups in total. The van der Waals surface area contributed by atoms with Gasteiger partial charge in [0.05, 0.1) is 18.1 Å². The van der Waals surface area contributed by atoms with E-state index in [1.165, 1.54) is 10.7 Å². The van der Waals surface area contributed by atoms with E-state index >= 15 is 0 Å². The van der Waals surface area contributed by atoms with Crippen LogP contribution in [-0.2, 0) is 0 Å². The van der Waals surface area contributed by atoms with Crippen molar-refractivity contribution in [2.75, 3.05) is 18.0 Å². The van der Waals surface area contributed by atoms with Crippen molar-refractivity contribution in [3.63, 3.8) is 0 Å². The Morgan fingerprint density at radius 1 is 1.39 bits per heavy atom. The third-order valence-corrected chi connectivity index (χ3v) is 3.27. The fourth-order valence-electron chi connectivity index (χ4n) is 2.30. The van der Waals surface area contributed by atoms with Crippen LogP contribution in [0.5, 0.6) is 0 Å². The zero-order chi connectivity index (χ0) is 12.7. The van der Waals surface area contributed by atoms with Gasteiger partial charge in [0.2, 0.25) is 0 Å². The Morgan fingerprint density at radius 2 is 2.11 bits per heavy atom. The minimum absolute atomic E-state index is 0.173. The Bertz CT molecular complexity index is 619. The number of halogens is 1. The van der Waals surface area contributed by atoms with E-state index in [9.17, 15) is 9.90 Å². The van der Waals surface area contributed by atoms with Crippen LogP contribution in [0, 0.1) is 0 Å². The summed E-state index contributed by atoms with van der Waals surface area (Å²) < 4.78 is 1.52. The summed E-state index contributed by atoms with van der Waals surface area (Å²) in [5, 5.41) is 13.6. The van der Waals surface area contributed by atoms with E-state index in [1.54, 1.807) is 6.20 Å². The van der Waals surface area contributed by atoms with Crippen molar-refractivity contribution in [1.29, 1.82) is 0 Å². The summed E-state index contributed by atoms with van der Waals surface area (Å²) in [7, 11) is 0. The SMILES string of the molecule is O=C(O)c1cnn2cc(Cl)nc2c1N1CCCC1. The third kappa shape index (κ3) is 1.69. The maximum atomic E-state index is 11.3. The number of rotatable bonds is 2. The smallest absolute Gasteiger partial charge is 0.339 e. The zero-order valence-electron chi connectivity index (χ0n) is 9.51. The second kappa shape index (κ2) is 4.13. The standard InChI is InChI=1S/C11H11ClN4O2/c12-8-6-16-10(14-8)9(15-3-1-2-4-15)7(5-13-16)11(17)18/h5-6H,1-4H2,(H,17,18). The number of aromatic nitrogens is 3. The molecule has 6 nitrogen and oxygen atoms in total. The summed E-state index contributed by atoms with van der Waals surface area (Å²) in [6, 6.07) is 0. The average Bonchev–Trinajstić information content (AvgIpc) is 2.93. The third-order valence-electron chi connectivity index (χ3n) is 3.09. The van der Waals surface area contributed by atoms with Crippen LogP contribution in [0.3, 0.4) is 0 Å². The van der Waals surface area contributed by atoms with Gasteiger partial charge in [-0.2, -0.15) is 5.10 Å². The molecule has 0 unspecified atom stereocenters. The van der Waals surface area contributed by atoms with Gasteiger partial charge in [0.15, 0.2) is 5.65 Å². The first-order valence-electron chi connectivity index (χ1n) is 5.69. The van der Waals surface area contributed by atoms with Crippen LogP contribution >= 0.6 is 11.6 Å². The van der Waals surface area contributed by atoms with Crippen LogP contribution in [-0.4, -0.2) is 38.8 Å². The van der Waals surface area contributed by atoms with E-state index in [-0.39, 0.29) is 5.56 Å². The molecule has 0 radical (unpaired) electrons. The van der Waals surface area contributed by atoms with Gasteiger partial charge >= 0.3 is 5.97 Å². The van der Waals surface area contributed by atoms with Crippen LogP contribution < -0.4 is 4.90 Å². The Kier molecular flexibility index (Phi) is 2.59. The summed E-state index contributed by atoms with van der Waals surface area (Å²) in [5.74, 6) is -0.994. The molecule has 1 fully saturated rings. The lowest BCUT2D eigenvalue weighted by Crippen LogP contribution is -2.22. The van der Waals surface area contributed by atoms with Crippen molar-refractivity contribution in [3.05, 3.63) is 23.1 Å². The Labute approximate surface area is 108 Å². The molecule has 3 rings (SSSR count). The van der Waals surface area contributed by atoms with Crippen LogP contribution in [0.15, 0.2) is 12.4 Å². The highest BCUT2D eigenvalue weighted by atomic mass is 35.5. The Hall–Kier alpha value is -1.82. The molecule has 0 saturated carbocycles. The molecule has 1 saturated heterocycles. The van der Waals surface area contributed by atoms with Gasteiger partial charge in [0.1, 0.15) is 10.7 Å². The van der Waals surface area contributed by atoms with Crippen molar-refractivity contribution in [3.8, 4) is 0 Å². The molecule has 0 bridgehead atoms. The first kappa shape index (κ1) is 11.3. The summed E-state index contributed by atoms with van der Waals surface area (Å²) in [6.07, 6.45) is 5.03. The fraction of sp³-hybridized carbons (Fsp3) is 0.364. The van der Waals surface area contributed by atoms with Crippen LogP contribution in [0.4, 0.5) is 5.69 Å². The zero-order valence-corrected chi connectivity index (χ0v) is 10.3. The quantitative estimate of drug-likeness (QED) is 0.895. The topological polar surface area (TPSA) is 70.7 Å². The molecule has 94 valence electrons. The van der Waals surface area contributed by atoms with Gasteiger partial charge in [-0.25, -0.2) is 14.3 Å². The van der Waals surface area contributed by atoms with E-state index in [0.29, 0.717) is 16.5 Å². The lowest BCUT2D eigenvalue weighted by atomic mass is 10.2. The molecule has 0 atom stereocenters. The number of hydrogen-bond acceptors (Lipinski definition) is 4. The van der Waals surface area contributed by atoms with Crippen molar-refractivity contribution in [1.82, 2.24) is 14.6 Å². The molecule has 7 heteroatoms. The molecule has 0 aromatic carbocycles. The number of carboxylic acids is 1. The molecule has 2 aromatic rings. The maximum absolute atomic E-state index is 11.3. The first-order valence-corrected chi connectivity index (χ1v) is 6.07. The summed E-state index contributed by atoms with van der Waals surface area (Å²) in [4.78, 5) is 17.5. The largest absolute Gasteiger partial charge is 0.478 e. The molecule has 1 aliphatic rings. The van der Waals surface area contributed by atoms with E-state index in [4.69, 9.17) is 11.6 Å². The van der Waals surface area contributed by atoms with Crippen LogP contribution in [0.25, 0.3) is 5.65 Å². The molecule has 3 heterocycles. The lowest BCUT2D eigenvalue weighted by Gasteiger charge is -2.19. The fourth-order valence-corrected chi connectivity index (χ4v) is 2.48. The Balaban J connectivity index is 2.27. The number of carbonyl (C=O) groups is 1. The predicted octanol–water partition coefficient (Wildman–Crippen LogP) is 1.68. The van der Waals surface area contributed by atoms with Gasteiger partial charge < -0.3 is 10.0 Å². The average molecular weight is 267 g/mol. The predicted molar refractivity (Wildman–Crippen MR) is 66.4 cm³/mol. The van der Waals surface area contributed by atoms with Gasteiger partial charge in [-0.05, 0) is 12.8 Å². The van der Waals surface area contributed by atoms with Gasteiger partial charge in [0, 0.05) is 13.1 Å².